The molecule has 0 unspecified atom stereocenters. The van der Waals surface area contributed by atoms with Crippen molar-refractivity contribution in [1.82, 2.24) is 9.97 Å². The van der Waals surface area contributed by atoms with Gasteiger partial charge in [-0.2, -0.15) is 0 Å². The lowest BCUT2D eigenvalue weighted by Gasteiger charge is -2.10. The standard InChI is InChI=1S/C13H13Cl3N4/c1-2-3-17-12-6-13(19-7-18-12)20-11-5-9(15)8(14)4-10(11)16/h4-7H,2-3H2,1H3,(H2,17,18,19,20). The minimum absolute atomic E-state index is 0.412. The van der Waals surface area contributed by atoms with Crippen LogP contribution >= 0.6 is 34.8 Å². The van der Waals surface area contributed by atoms with Crippen molar-refractivity contribution >= 4 is 52.1 Å². The van der Waals surface area contributed by atoms with Crippen molar-refractivity contribution in [2.75, 3.05) is 17.2 Å². The van der Waals surface area contributed by atoms with Crippen molar-refractivity contribution in [3.05, 3.63) is 39.6 Å². The number of hydrogen-bond donors (Lipinski definition) is 2. The average molecular weight is 332 g/mol. The zero-order valence-electron chi connectivity index (χ0n) is 10.8. The highest BCUT2D eigenvalue weighted by Gasteiger charge is 2.07. The maximum atomic E-state index is 6.11. The molecule has 20 heavy (non-hydrogen) atoms. The highest BCUT2D eigenvalue weighted by atomic mass is 35.5. The molecular weight excluding hydrogens is 319 g/mol. The molecule has 1 heterocycles. The zero-order valence-corrected chi connectivity index (χ0v) is 13.0. The van der Waals surface area contributed by atoms with Gasteiger partial charge in [-0.05, 0) is 18.6 Å². The summed E-state index contributed by atoms with van der Waals surface area (Å²) in [4.78, 5) is 8.27. The summed E-state index contributed by atoms with van der Waals surface area (Å²) in [5.74, 6) is 1.37. The number of benzene rings is 1. The smallest absolute Gasteiger partial charge is 0.135 e. The summed E-state index contributed by atoms with van der Waals surface area (Å²) in [6, 6.07) is 5.05. The topological polar surface area (TPSA) is 49.8 Å². The Balaban J connectivity index is 2.19. The lowest BCUT2D eigenvalue weighted by Crippen LogP contribution is -2.03. The molecule has 1 aromatic heterocycles. The summed E-state index contributed by atoms with van der Waals surface area (Å²) in [5, 5.41) is 7.59. The highest BCUT2D eigenvalue weighted by Crippen LogP contribution is 2.33. The van der Waals surface area contributed by atoms with Crippen LogP contribution in [0.2, 0.25) is 15.1 Å². The minimum atomic E-state index is 0.412. The second-order valence-electron chi connectivity index (χ2n) is 4.09. The molecule has 2 aromatic rings. The molecule has 0 aliphatic heterocycles. The lowest BCUT2D eigenvalue weighted by molar-refractivity contribution is 0.965. The summed E-state index contributed by atoms with van der Waals surface area (Å²) >= 11 is 18.0. The molecule has 0 bridgehead atoms. The van der Waals surface area contributed by atoms with Crippen LogP contribution in [0.3, 0.4) is 0 Å². The molecule has 7 heteroatoms. The second-order valence-corrected chi connectivity index (χ2v) is 5.31. The predicted molar refractivity (Wildman–Crippen MR) is 85.6 cm³/mol. The molecule has 0 saturated heterocycles. The van der Waals surface area contributed by atoms with E-state index in [4.69, 9.17) is 34.8 Å². The van der Waals surface area contributed by atoms with Gasteiger partial charge in [-0.1, -0.05) is 41.7 Å². The van der Waals surface area contributed by atoms with E-state index >= 15 is 0 Å². The number of nitrogens with one attached hydrogen (secondary N) is 2. The number of hydrogen-bond acceptors (Lipinski definition) is 4. The van der Waals surface area contributed by atoms with Crippen LogP contribution in [0.25, 0.3) is 0 Å². The Morgan fingerprint density at radius 1 is 0.950 bits per heavy atom. The summed E-state index contributed by atoms with van der Waals surface area (Å²) in [7, 11) is 0. The molecule has 2 rings (SSSR count). The normalized spacial score (nSPS) is 10.4. The molecule has 106 valence electrons. The first-order chi connectivity index (χ1) is 9.60. The van der Waals surface area contributed by atoms with Crippen LogP contribution in [-0.4, -0.2) is 16.5 Å². The highest BCUT2D eigenvalue weighted by molar-refractivity contribution is 6.44. The predicted octanol–water partition coefficient (Wildman–Crippen LogP) is 5.00. The molecule has 0 amide bonds. The van der Waals surface area contributed by atoms with E-state index in [1.54, 1.807) is 18.2 Å². The first-order valence-corrected chi connectivity index (χ1v) is 7.21. The second kappa shape index (κ2) is 6.97. The molecule has 4 nitrogen and oxygen atoms in total. The van der Waals surface area contributed by atoms with E-state index in [1.165, 1.54) is 6.33 Å². The zero-order chi connectivity index (χ0) is 14.5. The third kappa shape index (κ3) is 3.88. The first-order valence-electron chi connectivity index (χ1n) is 6.07. The Morgan fingerprint density at radius 3 is 2.40 bits per heavy atom. The maximum absolute atomic E-state index is 6.11. The number of aromatic nitrogens is 2. The van der Waals surface area contributed by atoms with Gasteiger partial charge in [0.05, 0.1) is 20.8 Å². The summed E-state index contributed by atoms with van der Waals surface area (Å²) in [6.07, 6.45) is 2.50. The van der Waals surface area contributed by atoms with Crippen LogP contribution in [-0.2, 0) is 0 Å². The van der Waals surface area contributed by atoms with E-state index in [1.807, 2.05) is 0 Å². The third-order valence-electron chi connectivity index (χ3n) is 2.50. The fraction of sp³-hybridized carbons (Fsp3) is 0.231. The minimum Gasteiger partial charge on any atom is -0.370 e. The van der Waals surface area contributed by atoms with Gasteiger partial charge in [0.15, 0.2) is 0 Å². The molecule has 0 aliphatic carbocycles. The van der Waals surface area contributed by atoms with Crippen molar-refractivity contribution in [2.24, 2.45) is 0 Å². The first kappa shape index (κ1) is 15.2. The van der Waals surface area contributed by atoms with Gasteiger partial charge in [0.2, 0.25) is 0 Å². The molecule has 0 saturated carbocycles. The summed E-state index contributed by atoms with van der Waals surface area (Å²) < 4.78 is 0. The quantitative estimate of drug-likeness (QED) is 0.757. The molecule has 1 aromatic carbocycles. The van der Waals surface area contributed by atoms with Crippen LogP contribution in [0.15, 0.2) is 24.5 Å². The number of rotatable bonds is 5. The van der Waals surface area contributed by atoms with E-state index in [-0.39, 0.29) is 0 Å². The molecule has 0 radical (unpaired) electrons. The van der Waals surface area contributed by atoms with Crippen LogP contribution < -0.4 is 10.6 Å². The number of anilines is 3. The Labute approximate surface area is 132 Å². The van der Waals surface area contributed by atoms with E-state index in [9.17, 15) is 0 Å². The van der Waals surface area contributed by atoms with Gasteiger partial charge in [-0.3, -0.25) is 0 Å². The molecule has 2 N–H and O–H groups in total. The molecule has 0 spiro atoms. The monoisotopic (exact) mass is 330 g/mol. The van der Waals surface area contributed by atoms with Crippen LogP contribution in [0.1, 0.15) is 13.3 Å². The summed E-state index contributed by atoms with van der Waals surface area (Å²) in [5.41, 5.74) is 0.640. The van der Waals surface area contributed by atoms with Gasteiger partial charge in [-0.15, -0.1) is 0 Å². The lowest BCUT2D eigenvalue weighted by atomic mass is 10.3. The van der Waals surface area contributed by atoms with Crippen LogP contribution in [0.4, 0.5) is 17.3 Å². The Hall–Kier alpha value is -1.23. The van der Waals surface area contributed by atoms with Gasteiger partial charge in [0.1, 0.15) is 18.0 Å². The third-order valence-corrected chi connectivity index (χ3v) is 3.53. The van der Waals surface area contributed by atoms with Crippen molar-refractivity contribution < 1.29 is 0 Å². The van der Waals surface area contributed by atoms with E-state index in [0.29, 0.717) is 26.6 Å². The fourth-order valence-corrected chi connectivity index (χ4v) is 2.13. The van der Waals surface area contributed by atoms with Gasteiger partial charge in [0, 0.05) is 12.6 Å². The maximum Gasteiger partial charge on any atom is 0.135 e. The van der Waals surface area contributed by atoms with E-state index in [2.05, 4.69) is 27.5 Å². The summed E-state index contributed by atoms with van der Waals surface area (Å²) in [6.45, 7) is 2.94. The van der Waals surface area contributed by atoms with Crippen LogP contribution in [0.5, 0.6) is 0 Å². The SMILES string of the molecule is CCCNc1cc(Nc2cc(Cl)c(Cl)cc2Cl)ncn1. The Bertz CT molecular complexity index is 604. The number of nitrogens with zero attached hydrogens (tertiary/aromatic N) is 2. The van der Waals surface area contributed by atoms with Crippen molar-refractivity contribution in [2.45, 2.75) is 13.3 Å². The largest absolute Gasteiger partial charge is 0.370 e. The van der Waals surface area contributed by atoms with Crippen molar-refractivity contribution in [1.29, 1.82) is 0 Å². The van der Waals surface area contributed by atoms with Gasteiger partial charge < -0.3 is 10.6 Å². The Morgan fingerprint density at radius 2 is 1.65 bits per heavy atom. The van der Waals surface area contributed by atoms with Gasteiger partial charge in [-0.25, -0.2) is 9.97 Å². The molecular formula is C13H13Cl3N4. The number of halogens is 3. The Kier molecular flexibility index (Phi) is 5.29. The van der Waals surface area contributed by atoms with Crippen molar-refractivity contribution in [3.8, 4) is 0 Å². The van der Waals surface area contributed by atoms with Gasteiger partial charge in [0.25, 0.3) is 0 Å². The van der Waals surface area contributed by atoms with Crippen molar-refractivity contribution in [3.63, 3.8) is 0 Å². The van der Waals surface area contributed by atoms with Crippen LogP contribution in [0, 0.1) is 0 Å². The van der Waals surface area contributed by atoms with E-state index in [0.717, 1.165) is 18.8 Å². The molecule has 0 fully saturated rings. The fourth-order valence-electron chi connectivity index (χ4n) is 1.53. The van der Waals surface area contributed by atoms with E-state index < -0.39 is 0 Å². The average Bonchev–Trinajstić information content (AvgIpc) is 2.43. The molecule has 0 atom stereocenters. The van der Waals surface area contributed by atoms with Gasteiger partial charge >= 0.3 is 0 Å². The molecule has 0 aliphatic rings.